The number of likely N-dealkylation sites (tertiary alicyclic amines) is 1. The van der Waals surface area contributed by atoms with E-state index in [-0.39, 0.29) is 22.1 Å². The number of sulfonamides is 1. The van der Waals surface area contributed by atoms with Crippen molar-refractivity contribution in [2.24, 2.45) is 0 Å². The van der Waals surface area contributed by atoms with Crippen LogP contribution in [-0.4, -0.2) is 78.2 Å². The fraction of sp³-hybridized carbons (Fsp3) is 0.458. The van der Waals surface area contributed by atoms with Gasteiger partial charge in [-0.15, -0.1) is 0 Å². The molecule has 0 atom stereocenters. The van der Waals surface area contributed by atoms with Crippen molar-refractivity contribution in [3.63, 3.8) is 0 Å². The maximum absolute atomic E-state index is 13.5. The molecule has 1 fully saturated rings. The van der Waals surface area contributed by atoms with Crippen molar-refractivity contribution in [1.82, 2.24) is 9.80 Å². The Hall–Kier alpha value is -2.98. The van der Waals surface area contributed by atoms with E-state index in [4.69, 9.17) is 14.2 Å². The number of carbonyl (C=O) groups is 1. The summed E-state index contributed by atoms with van der Waals surface area (Å²) in [5, 5.41) is 0. The Morgan fingerprint density at radius 1 is 1.06 bits per heavy atom. The van der Waals surface area contributed by atoms with Gasteiger partial charge in [-0.25, -0.2) is 8.42 Å². The fourth-order valence-corrected chi connectivity index (χ4v) is 5.05. The number of nitrogens with zero attached hydrogens (tertiary/aromatic N) is 2. The molecule has 0 aromatic heterocycles. The predicted molar refractivity (Wildman–Crippen MR) is 131 cm³/mol. The Kier molecular flexibility index (Phi) is 8.27. The second-order valence-corrected chi connectivity index (χ2v) is 9.93. The molecule has 186 valence electrons. The third kappa shape index (κ3) is 5.74. The van der Waals surface area contributed by atoms with Crippen LogP contribution in [0.2, 0.25) is 0 Å². The van der Waals surface area contributed by atoms with Crippen LogP contribution in [0.4, 0.5) is 5.69 Å². The summed E-state index contributed by atoms with van der Waals surface area (Å²) in [6.45, 7) is 3.50. The molecule has 0 spiro atoms. The molecule has 10 heteroatoms. The van der Waals surface area contributed by atoms with E-state index in [1.54, 1.807) is 17.0 Å². The monoisotopic (exact) mass is 491 g/mol. The van der Waals surface area contributed by atoms with Crippen LogP contribution in [0.25, 0.3) is 0 Å². The van der Waals surface area contributed by atoms with E-state index in [0.717, 1.165) is 12.8 Å². The first-order chi connectivity index (χ1) is 16.2. The van der Waals surface area contributed by atoms with Crippen LogP contribution < -0.4 is 18.9 Å². The third-order valence-electron chi connectivity index (χ3n) is 5.93. The molecule has 0 bridgehead atoms. The van der Waals surface area contributed by atoms with Gasteiger partial charge in [-0.05, 0) is 64.2 Å². The maximum Gasteiger partial charge on any atom is 0.261 e. The fourth-order valence-electron chi connectivity index (χ4n) is 3.98. The van der Waals surface area contributed by atoms with Crippen LogP contribution >= 0.6 is 0 Å². The molecule has 2 aromatic rings. The summed E-state index contributed by atoms with van der Waals surface area (Å²) in [5.74, 6) is 0.972. The Balaban J connectivity index is 1.93. The summed E-state index contributed by atoms with van der Waals surface area (Å²) in [5.41, 5.74) is 0.335. The smallest absolute Gasteiger partial charge is 0.261 e. The number of rotatable bonds is 9. The number of methoxy groups -OCH3 is 2. The lowest BCUT2D eigenvalue weighted by Gasteiger charge is -2.35. The normalized spacial score (nSPS) is 14.7. The number of ether oxygens (including phenoxy) is 3. The molecular weight excluding hydrogens is 458 g/mol. The molecule has 9 nitrogen and oxygen atoms in total. The standard InChI is InChI=1S/C24H33N3O6S/c1-6-33-18-7-9-19(10-8-18)34(29,30)25-21-16-23(32-5)22(31-4)15-20(21)24(28)27-13-11-17(12-14-27)26(2)3/h7-10,15-17,25H,6,11-14H2,1-5H3. The molecule has 3 rings (SSSR count). The van der Waals surface area contributed by atoms with Gasteiger partial charge in [0, 0.05) is 25.2 Å². The lowest BCUT2D eigenvalue weighted by Crippen LogP contribution is -2.44. The number of carbonyl (C=O) groups excluding carboxylic acids is 1. The first-order valence-electron chi connectivity index (χ1n) is 11.2. The van der Waals surface area contributed by atoms with Gasteiger partial charge in [0.25, 0.3) is 15.9 Å². The highest BCUT2D eigenvalue weighted by Gasteiger charge is 2.28. The van der Waals surface area contributed by atoms with Crippen molar-refractivity contribution in [2.45, 2.75) is 30.7 Å². The third-order valence-corrected chi connectivity index (χ3v) is 7.31. The number of amides is 1. The molecule has 0 radical (unpaired) electrons. The number of nitrogens with one attached hydrogen (secondary N) is 1. The summed E-state index contributed by atoms with van der Waals surface area (Å²) in [7, 11) is 3.01. The van der Waals surface area contributed by atoms with Gasteiger partial charge < -0.3 is 24.0 Å². The van der Waals surface area contributed by atoms with Crippen molar-refractivity contribution in [3.05, 3.63) is 42.0 Å². The molecule has 2 aromatic carbocycles. The minimum Gasteiger partial charge on any atom is -0.494 e. The summed E-state index contributed by atoms with van der Waals surface area (Å²) >= 11 is 0. The molecule has 0 unspecified atom stereocenters. The first kappa shape index (κ1) is 25.6. The van der Waals surface area contributed by atoms with E-state index in [9.17, 15) is 13.2 Å². The number of anilines is 1. The zero-order chi connectivity index (χ0) is 24.9. The molecule has 1 heterocycles. The lowest BCUT2D eigenvalue weighted by atomic mass is 10.0. The summed E-state index contributed by atoms with van der Waals surface area (Å²) in [4.78, 5) is 17.4. The van der Waals surface area contributed by atoms with Crippen molar-refractivity contribution >= 4 is 21.6 Å². The molecule has 0 saturated carbocycles. The Morgan fingerprint density at radius 3 is 2.18 bits per heavy atom. The quantitative estimate of drug-likeness (QED) is 0.576. The maximum atomic E-state index is 13.5. The van der Waals surface area contributed by atoms with E-state index < -0.39 is 10.0 Å². The van der Waals surface area contributed by atoms with Gasteiger partial charge in [0.05, 0.1) is 37.0 Å². The minimum absolute atomic E-state index is 0.0518. The summed E-state index contributed by atoms with van der Waals surface area (Å²) in [6.07, 6.45) is 1.69. The molecule has 1 saturated heterocycles. The molecule has 1 N–H and O–H groups in total. The van der Waals surface area contributed by atoms with Gasteiger partial charge in [-0.3, -0.25) is 9.52 Å². The van der Waals surface area contributed by atoms with Gasteiger partial charge in [0.15, 0.2) is 11.5 Å². The summed E-state index contributed by atoms with van der Waals surface area (Å²) < 4.78 is 45.0. The van der Waals surface area contributed by atoms with E-state index in [1.807, 2.05) is 21.0 Å². The molecule has 1 amide bonds. The highest BCUT2D eigenvalue weighted by molar-refractivity contribution is 7.92. The van der Waals surface area contributed by atoms with Gasteiger partial charge in [-0.2, -0.15) is 0 Å². The second kappa shape index (κ2) is 11.0. The van der Waals surface area contributed by atoms with E-state index >= 15 is 0 Å². The largest absolute Gasteiger partial charge is 0.494 e. The number of benzene rings is 2. The van der Waals surface area contributed by atoms with Crippen molar-refractivity contribution in [2.75, 3.05) is 52.7 Å². The predicted octanol–water partition coefficient (Wildman–Crippen LogP) is 3.07. The lowest BCUT2D eigenvalue weighted by molar-refractivity contribution is 0.0664. The number of hydrogen-bond donors (Lipinski definition) is 1. The summed E-state index contributed by atoms with van der Waals surface area (Å²) in [6, 6.07) is 9.51. The average molecular weight is 492 g/mol. The van der Waals surface area contributed by atoms with E-state index in [0.29, 0.717) is 43.0 Å². The van der Waals surface area contributed by atoms with E-state index in [2.05, 4.69) is 9.62 Å². The highest BCUT2D eigenvalue weighted by atomic mass is 32.2. The van der Waals surface area contributed by atoms with Crippen LogP contribution in [0, 0.1) is 0 Å². The van der Waals surface area contributed by atoms with E-state index in [1.165, 1.54) is 38.5 Å². The van der Waals surface area contributed by atoms with Crippen LogP contribution in [0.3, 0.4) is 0 Å². The van der Waals surface area contributed by atoms with Gasteiger partial charge in [0.2, 0.25) is 0 Å². The minimum atomic E-state index is -3.98. The highest BCUT2D eigenvalue weighted by Crippen LogP contribution is 2.35. The Morgan fingerprint density at radius 2 is 1.65 bits per heavy atom. The zero-order valence-electron chi connectivity index (χ0n) is 20.3. The topological polar surface area (TPSA) is 97.4 Å². The molecule has 1 aliphatic rings. The van der Waals surface area contributed by atoms with Crippen LogP contribution in [-0.2, 0) is 10.0 Å². The van der Waals surface area contributed by atoms with Gasteiger partial charge in [0.1, 0.15) is 5.75 Å². The molecule has 34 heavy (non-hydrogen) atoms. The molecule has 1 aliphatic heterocycles. The molecular formula is C24H33N3O6S. The number of hydrogen-bond acceptors (Lipinski definition) is 7. The van der Waals surface area contributed by atoms with Crippen LogP contribution in [0.1, 0.15) is 30.1 Å². The molecule has 0 aliphatic carbocycles. The van der Waals surface area contributed by atoms with Crippen molar-refractivity contribution in [3.8, 4) is 17.2 Å². The average Bonchev–Trinajstić information content (AvgIpc) is 2.83. The Bertz CT molecular complexity index is 1090. The zero-order valence-corrected chi connectivity index (χ0v) is 21.1. The van der Waals surface area contributed by atoms with Crippen molar-refractivity contribution in [1.29, 1.82) is 0 Å². The first-order valence-corrected chi connectivity index (χ1v) is 12.7. The van der Waals surface area contributed by atoms with Crippen LogP contribution in [0.5, 0.6) is 17.2 Å². The Labute approximate surface area is 201 Å². The second-order valence-electron chi connectivity index (χ2n) is 8.25. The number of piperidine rings is 1. The van der Waals surface area contributed by atoms with Crippen LogP contribution in [0.15, 0.2) is 41.3 Å². The van der Waals surface area contributed by atoms with Gasteiger partial charge >= 0.3 is 0 Å². The van der Waals surface area contributed by atoms with Crippen molar-refractivity contribution < 1.29 is 27.4 Å². The SMILES string of the molecule is CCOc1ccc(S(=O)(=O)Nc2cc(OC)c(OC)cc2C(=O)N2CCC(N(C)C)CC2)cc1. The van der Waals surface area contributed by atoms with Gasteiger partial charge in [-0.1, -0.05) is 0 Å².